The Kier molecular flexibility index (Phi) is 41.1. The maximum atomic E-state index is 13.3. The van der Waals surface area contributed by atoms with Gasteiger partial charge >= 0.3 is 0 Å². The number of ether oxygens (including phenoxy) is 4. The summed E-state index contributed by atoms with van der Waals surface area (Å²) in [4.78, 5) is 13.3. The molecule has 12 atom stereocenters. The molecule has 2 rings (SSSR count). The quantitative estimate of drug-likeness (QED) is 0.0259. The van der Waals surface area contributed by atoms with Crippen LogP contribution in [-0.2, 0) is 23.7 Å². The maximum Gasteiger partial charge on any atom is 0.220 e. The summed E-state index contributed by atoms with van der Waals surface area (Å²) in [5.74, 6) is -0.200. The van der Waals surface area contributed by atoms with E-state index in [-0.39, 0.29) is 12.5 Å². The van der Waals surface area contributed by atoms with Crippen LogP contribution in [0.25, 0.3) is 0 Å². The lowest BCUT2D eigenvalue weighted by atomic mass is 9.97. The number of amides is 1. The first-order chi connectivity index (χ1) is 34.6. The molecule has 9 N–H and O–H groups in total. The fourth-order valence-corrected chi connectivity index (χ4v) is 10.2. The molecular formula is C57H111NO13. The van der Waals surface area contributed by atoms with E-state index < -0.39 is 86.8 Å². The number of carbonyl (C=O) groups excluding carboxylic acids is 1. The first-order valence-corrected chi connectivity index (χ1v) is 29.8. The molecule has 0 radical (unpaired) electrons. The van der Waals surface area contributed by atoms with E-state index in [2.05, 4.69) is 19.2 Å². The number of aliphatic hydroxyl groups is 8. The van der Waals surface area contributed by atoms with Crippen LogP contribution in [0.2, 0.25) is 0 Å². The third kappa shape index (κ3) is 30.4. The normalized spacial score (nSPS) is 25.7. The van der Waals surface area contributed by atoms with E-state index in [1.807, 2.05) is 0 Å². The average molecular weight is 1020 g/mol. The number of hydrogen-bond donors (Lipinski definition) is 9. The third-order valence-electron chi connectivity index (χ3n) is 15.1. The maximum absolute atomic E-state index is 13.3. The number of aliphatic hydroxyl groups excluding tert-OH is 8. The van der Waals surface area contributed by atoms with E-state index in [9.17, 15) is 45.6 Å². The molecule has 71 heavy (non-hydrogen) atoms. The molecule has 0 aromatic carbocycles. The van der Waals surface area contributed by atoms with Crippen LogP contribution < -0.4 is 5.32 Å². The molecule has 0 aromatic rings. The molecule has 14 nitrogen and oxygen atoms in total. The lowest BCUT2D eigenvalue weighted by molar-refractivity contribution is -0.359. The van der Waals surface area contributed by atoms with E-state index in [1.165, 1.54) is 186 Å². The van der Waals surface area contributed by atoms with E-state index in [0.29, 0.717) is 12.8 Å². The number of nitrogens with one attached hydrogen (secondary N) is 1. The SMILES string of the molecule is CCCCCCCCCCCCCCCCCCCCCCCCCC(=O)NC(COC1OC(CO)C(OC2OC(CO)C(O)C(O)C2O)C(O)C1O)C(O)CCCCCCCCCCCCCCCC. The monoisotopic (exact) mass is 1020 g/mol. The van der Waals surface area contributed by atoms with Gasteiger partial charge in [0.15, 0.2) is 12.6 Å². The second kappa shape index (κ2) is 44.2. The van der Waals surface area contributed by atoms with Crippen molar-refractivity contribution in [1.29, 1.82) is 0 Å². The first-order valence-electron chi connectivity index (χ1n) is 29.8. The summed E-state index contributed by atoms with van der Waals surface area (Å²) < 4.78 is 22.8. The Labute approximate surface area is 432 Å². The minimum absolute atomic E-state index is 0.200. The van der Waals surface area contributed by atoms with Crippen LogP contribution in [0.4, 0.5) is 0 Å². The van der Waals surface area contributed by atoms with Crippen LogP contribution in [0.1, 0.15) is 264 Å². The Morgan fingerprint density at radius 3 is 1.20 bits per heavy atom. The zero-order chi connectivity index (χ0) is 51.7. The molecule has 12 unspecified atom stereocenters. The summed E-state index contributed by atoms with van der Waals surface area (Å²) in [7, 11) is 0. The molecule has 2 aliphatic rings. The van der Waals surface area contributed by atoms with Gasteiger partial charge < -0.3 is 65.1 Å². The first kappa shape index (κ1) is 66.1. The zero-order valence-corrected chi connectivity index (χ0v) is 45.2. The van der Waals surface area contributed by atoms with Crippen molar-refractivity contribution < 1.29 is 64.6 Å². The summed E-state index contributed by atoms with van der Waals surface area (Å²) in [5, 5.41) is 87.2. The van der Waals surface area contributed by atoms with Crippen LogP contribution in [0.3, 0.4) is 0 Å². The van der Waals surface area contributed by atoms with Crippen LogP contribution in [0.15, 0.2) is 0 Å². The number of hydrogen-bond acceptors (Lipinski definition) is 13. The highest BCUT2D eigenvalue weighted by Gasteiger charge is 2.51. The molecule has 0 spiro atoms. The van der Waals surface area contributed by atoms with Gasteiger partial charge in [-0.3, -0.25) is 4.79 Å². The van der Waals surface area contributed by atoms with Gasteiger partial charge in [-0.25, -0.2) is 0 Å². The highest BCUT2D eigenvalue weighted by atomic mass is 16.7. The summed E-state index contributed by atoms with van der Waals surface area (Å²) in [5.41, 5.74) is 0. The highest BCUT2D eigenvalue weighted by Crippen LogP contribution is 2.30. The summed E-state index contributed by atoms with van der Waals surface area (Å²) in [6, 6.07) is -0.822. The average Bonchev–Trinajstić information content (AvgIpc) is 3.37. The van der Waals surface area contributed by atoms with E-state index in [0.717, 1.165) is 51.4 Å². The molecule has 14 heteroatoms. The topological polar surface area (TPSA) is 228 Å². The van der Waals surface area contributed by atoms with E-state index in [4.69, 9.17) is 18.9 Å². The molecule has 2 saturated heterocycles. The van der Waals surface area contributed by atoms with Crippen molar-refractivity contribution in [2.75, 3.05) is 19.8 Å². The Balaban J connectivity index is 1.72. The van der Waals surface area contributed by atoms with Crippen molar-refractivity contribution in [3.05, 3.63) is 0 Å². The van der Waals surface area contributed by atoms with Gasteiger partial charge in [0.2, 0.25) is 5.91 Å². The minimum Gasteiger partial charge on any atom is -0.394 e. The number of unbranched alkanes of at least 4 members (excludes halogenated alkanes) is 35. The lowest BCUT2D eigenvalue weighted by Crippen LogP contribution is -2.65. The lowest BCUT2D eigenvalue weighted by Gasteiger charge is -2.46. The number of rotatable bonds is 48. The summed E-state index contributed by atoms with van der Waals surface area (Å²) in [6.45, 7) is 2.89. The Morgan fingerprint density at radius 1 is 0.451 bits per heavy atom. The number of carbonyl (C=O) groups is 1. The minimum atomic E-state index is -1.78. The second-order valence-corrected chi connectivity index (χ2v) is 21.5. The Hall–Kier alpha value is -1.01. The molecule has 2 fully saturated rings. The largest absolute Gasteiger partial charge is 0.394 e. The fourth-order valence-electron chi connectivity index (χ4n) is 10.2. The zero-order valence-electron chi connectivity index (χ0n) is 45.2. The van der Waals surface area contributed by atoms with E-state index >= 15 is 0 Å². The molecule has 0 bridgehead atoms. The van der Waals surface area contributed by atoms with Gasteiger partial charge in [-0.15, -0.1) is 0 Å². The predicted octanol–water partition coefficient (Wildman–Crippen LogP) is 9.73. The van der Waals surface area contributed by atoms with Gasteiger partial charge in [-0.2, -0.15) is 0 Å². The fraction of sp³-hybridized carbons (Fsp3) is 0.982. The smallest absolute Gasteiger partial charge is 0.220 e. The van der Waals surface area contributed by atoms with Gasteiger partial charge in [0.25, 0.3) is 0 Å². The van der Waals surface area contributed by atoms with Crippen LogP contribution >= 0.6 is 0 Å². The van der Waals surface area contributed by atoms with E-state index in [1.54, 1.807) is 0 Å². The van der Waals surface area contributed by atoms with Gasteiger partial charge in [-0.05, 0) is 12.8 Å². The molecular weight excluding hydrogens is 907 g/mol. The molecule has 0 aliphatic carbocycles. The standard InChI is InChI=1S/C57H111NO13/c1-3-5-7-9-11-13-15-17-19-20-21-22-23-24-25-26-27-29-31-33-35-37-39-41-49(62)58-45(46(61)40-38-36-34-32-30-28-18-16-14-12-10-8-6-4-2)44-68-56-54(67)52(65)55(48(43-60)70-56)71-57-53(66)51(64)50(63)47(42-59)69-57/h45-48,50-57,59-61,63-67H,3-44H2,1-2H3,(H,58,62). The second-order valence-electron chi connectivity index (χ2n) is 21.5. The Bertz CT molecular complexity index is 1200. The molecule has 2 heterocycles. The van der Waals surface area contributed by atoms with Crippen molar-refractivity contribution in [2.45, 2.75) is 338 Å². The van der Waals surface area contributed by atoms with Gasteiger partial charge in [-0.1, -0.05) is 245 Å². The van der Waals surface area contributed by atoms with Crippen LogP contribution in [0, 0.1) is 0 Å². The highest BCUT2D eigenvalue weighted by molar-refractivity contribution is 5.76. The third-order valence-corrected chi connectivity index (χ3v) is 15.1. The van der Waals surface area contributed by atoms with Crippen molar-refractivity contribution in [3.63, 3.8) is 0 Å². The molecule has 1 amide bonds. The summed E-state index contributed by atoms with van der Waals surface area (Å²) >= 11 is 0. The van der Waals surface area contributed by atoms with Crippen molar-refractivity contribution >= 4 is 5.91 Å². The van der Waals surface area contributed by atoms with Gasteiger partial charge in [0.05, 0.1) is 32.0 Å². The molecule has 422 valence electrons. The Morgan fingerprint density at radius 2 is 0.803 bits per heavy atom. The van der Waals surface area contributed by atoms with Gasteiger partial charge in [0.1, 0.15) is 48.8 Å². The van der Waals surface area contributed by atoms with Gasteiger partial charge in [0, 0.05) is 6.42 Å². The van der Waals surface area contributed by atoms with Crippen LogP contribution in [-0.4, -0.2) is 140 Å². The molecule has 0 saturated carbocycles. The van der Waals surface area contributed by atoms with Crippen molar-refractivity contribution in [1.82, 2.24) is 5.32 Å². The summed E-state index contributed by atoms with van der Waals surface area (Å²) in [6.07, 6.45) is 31.0. The van der Waals surface area contributed by atoms with Crippen LogP contribution in [0.5, 0.6) is 0 Å². The van der Waals surface area contributed by atoms with Crippen molar-refractivity contribution in [2.24, 2.45) is 0 Å². The molecule has 0 aromatic heterocycles. The predicted molar refractivity (Wildman–Crippen MR) is 282 cm³/mol. The van der Waals surface area contributed by atoms with Crippen molar-refractivity contribution in [3.8, 4) is 0 Å². The molecule has 2 aliphatic heterocycles.